The first-order valence-corrected chi connectivity index (χ1v) is 7.87. The van der Waals surface area contributed by atoms with Crippen molar-refractivity contribution < 1.29 is 4.74 Å². The minimum Gasteiger partial charge on any atom is -0.380 e. The Morgan fingerprint density at radius 2 is 1.89 bits per heavy atom. The highest BCUT2D eigenvalue weighted by molar-refractivity contribution is 4.98. The Balaban J connectivity index is 2.36. The Morgan fingerprint density at radius 3 is 2.47 bits per heavy atom. The summed E-state index contributed by atoms with van der Waals surface area (Å²) in [6.45, 7) is 18.7. The van der Waals surface area contributed by atoms with Crippen molar-refractivity contribution in [3.8, 4) is 0 Å². The summed E-state index contributed by atoms with van der Waals surface area (Å²) >= 11 is 0. The first-order chi connectivity index (χ1) is 8.79. The molecule has 0 aromatic heterocycles. The molecule has 19 heavy (non-hydrogen) atoms. The first-order valence-electron chi connectivity index (χ1n) is 7.87. The zero-order valence-corrected chi connectivity index (χ0v) is 13.9. The number of hydrogen-bond acceptors (Lipinski definition) is 3. The first kappa shape index (κ1) is 16.9. The Hall–Kier alpha value is -0.120. The van der Waals surface area contributed by atoms with Crippen LogP contribution in [-0.2, 0) is 4.74 Å². The fourth-order valence-corrected chi connectivity index (χ4v) is 2.45. The molecule has 1 aliphatic heterocycles. The highest BCUT2D eigenvalue weighted by Gasteiger charge is 2.38. The Kier molecular flexibility index (Phi) is 6.28. The van der Waals surface area contributed by atoms with E-state index in [-0.39, 0.29) is 11.1 Å². The van der Waals surface area contributed by atoms with Crippen molar-refractivity contribution in [3.63, 3.8) is 0 Å². The van der Waals surface area contributed by atoms with Crippen molar-refractivity contribution in [2.75, 3.05) is 32.8 Å². The number of rotatable bonds is 7. The minimum atomic E-state index is 0.232. The van der Waals surface area contributed by atoms with E-state index in [1.54, 1.807) is 0 Å². The standard InChI is InChI=1S/C16H34N2O/c1-7-16(6)13-18(15(4,5)12-17-16)9-11-19-10-8-14(2)3/h14,17H,7-13H2,1-6H3. The lowest BCUT2D eigenvalue weighted by atomic mass is 9.88. The number of nitrogens with one attached hydrogen (secondary N) is 1. The third-order valence-corrected chi connectivity index (χ3v) is 4.47. The Labute approximate surface area is 120 Å². The smallest absolute Gasteiger partial charge is 0.0593 e. The topological polar surface area (TPSA) is 24.5 Å². The van der Waals surface area contributed by atoms with E-state index in [0.717, 1.165) is 45.2 Å². The molecule has 0 bridgehead atoms. The number of hydrogen-bond donors (Lipinski definition) is 1. The molecule has 0 aromatic rings. The molecule has 1 fully saturated rings. The minimum absolute atomic E-state index is 0.232. The van der Waals surface area contributed by atoms with E-state index in [4.69, 9.17) is 4.74 Å². The number of nitrogens with zero attached hydrogens (tertiary/aromatic N) is 1. The van der Waals surface area contributed by atoms with Gasteiger partial charge in [-0.25, -0.2) is 0 Å². The number of ether oxygens (including phenoxy) is 1. The van der Waals surface area contributed by atoms with Gasteiger partial charge in [0.05, 0.1) is 6.61 Å². The van der Waals surface area contributed by atoms with Gasteiger partial charge in [-0.05, 0) is 39.5 Å². The van der Waals surface area contributed by atoms with Gasteiger partial charge < -0.3 is 10.1 Å². The monoisotopic (exact) mass is 270 g/mol. The van der Waals surface area contributed by atoms with Gasteiger partial charge in [-0.2, -0.15) is 0 Å². The quantitative estimate of drug-likeness (QED) is 0.720. The zero-order valence-electron chi connectivity index (χ0n) is 13.9. The van der Waals surface area contributed by atoms with Crippen molar-refractivity contribution in [2.45, 2.75) is 65.5 Å². The van der Waals surface area contributed by atoms with E-state index in [0.29, 0.717) is 0 Å². The summed E-state index contributed by atoms with van der Waals surface area (Å²) in [5.74, 6) is 0.735. The second kappa shape index (κ2) is 7.05. The van der Waals surface area contributed by atoms with E-state index in [2.05, 4.69) is 51.8 Å². The molecule has 0 radical (unpaired) electrons. The van der Waals surface area contributed by atoms with Gasteiger partial charge in [0.15, 0.2) is 0 Å². The summed E-state index contributed by atoms with van der Waals surface area (Å²) in [5, 5.41) is 3.70. The highest BCUT2D eigenvalue weighted by atomic mass is 16.5. The molecule has 0 aromatic carbocycles. The van der Waals surface area contributed by atoms with E-state index in [1.807, 2.05) is 0 Å². The van der Waals surface area contributed by atoms with E-state index in [9.17, 15) is 0 Å². The molecule has 0 amide bonds. The predicted molar refractivity (Wildman–Crippen MR) is 82.6 cm³/mol. The summed E-state index contributed by atoms with van der Waals surface area (Å²) in [5.41, 5.74) is 0.490. The molecule has 1 rings (SSSR count). The Morgan fingerprint density at radius 1 is 1.21 bits per heavy atom. The van der Waals surface area contributed by atoms with Crippen molar-refractivity contribution in [2.24, 2.45) is 5.92 Å². The summed E-state index contributed by atoms with van der Waals surface area (Å²) < 4.78 is 5.78. The van der Waals surface area contributed by atoms with Crippen LogP contribution in [0.2, 0.25) is 0 Å². The largest absolute Gasteiger partial charge is 0.380 e. The lowest BCUT2D eigenvalue weighted by Crippen LogP contribution is -2.67. The van der Waals surface area contributed by atoms with Gasteiger partial charge in [0.2, 0.25) is 0 Å². The summed E-state index contributed by atoms with van der Waals surface area (Å²) in [6, 6.07) is 0. The molecule has 1 saturated heterocycles. The van der Waals surface area contributed by atoms with Crippen molar-refractivity contribution >= 4 is 0 Å². The van der Waals surface area contributed by atoms with Crippen LogP contribution in [0.25, 0.3) is 0 Å². The maximum absolute atomic E-state index is 5.78. The molecule has 114 valence electrons. The van der Waals surface area contributed by atoms with Crippen LogP contribution in [0.15, 0.2) is 0 Å². The maximum atomic E-state index is 5.78. The molecule has 0 spiro atoms. The average Bonchev–Trinajstić information content (AvgIpc) is 2.33. The second-order valence-corrected chi connectivity index (χ2v) is 7.30. The lowest BCUT2D eigenvalue weighted by molar-refractivity contribution is 0.00411. The van der Waals surface area contributed by atoms with Gasteiger partial charge in [0.25, 0.3) is 0 Å². The van der Waals surface area contributed by atoms with Crippen LogP contribution < -0.4 is 5.32 Å². The Bertz CT molecular complexity index is 265. The summed E-state index contributed by atoms with van der Waals surface area (Å²) in [7, 11) is 0. The molecule has 1 atom stereocenters. The van der Waals surface area contributed by atoms with Crippen LogP contribution in [0.4, 0.5) is 0 Å². The van der Waals surface area contributed by atoms with Crippen molar-refractivity contribution in [3.05, 3.63) is 0 Å². The second-order valence-electron chi connectivity index (χ2n) is 7.30. The fraction of sp³-hybridized carbons (Fsp3) is 1.00. The third kappa shape index (κ3) is 5.41. The molecular weight excluding hydrogens is 236 g/mol. The molecule has 1 unspecified atom stereocenters. The summed E-state index contributed by atoms with van der Waals surface area (Å²) in [4.78, 5) is 2.59. The van der Waals surface area contributed by atoms with Gasteiger partial charge in [-0.1, -0.05) is 20.8 Å². The molecule has 0 saturated carbocycles. The van der Waals surface area contributed by atoms with Crippen LogP contribution in [0.5, 0.6) is 0 Å². The maximum Gasteiger partial charge on any atom is 0.0593 e. The van der Waals surface area contributed by atoms with Gasteiger partial charge in [-0.3, -0.25) is 4.90 Å². The molecule has 1 heterocycles. The molecule has 0 aliphatic carbocycles. The zero-order chi connectivity index (χ0) is 14.5. The summed E-state index contributed by atoms with van der Waals surface area (Å²) in [6.07, 6.45) is 2.34. The van der Waals surface area contributed by atoms with Crippen LogP contribution >= 0.6 is 0 Å². The van der Waals surface area contributed by atoms with Crippen LogP contribution in [0.3, 0.4) is 0 Å². The average molecular weight is 270 g/mol. The van der Waals surface area contributed by atoms with Crippen molar-refractivity contribution in [1.82, 2.24) is 10.2 Å². The fourth-order valence-electron chi connectivity index (χ4n) is 2.45. The molecule has 3 nitrogen and oxygen atoms in total. The van der Waals surface area contributed by atoms with Crippen molar-refractivity contribution in [1.29, 1.82) is 0 Å². The van der Waals surface area contributed by atoms with E-state index < -0.39 is 0 Å². The van der Waals surface area contributed by atoms with Gasteiger partial charge in [-0.15, -0.1) is 0 Å². The highest BCUT2D eigenvalue weighted by Crippen LogP contribution is 2.25. The molecule has 1 N–H and O–H groups in total. The number of piperazine rings is 1. The molecule has 1 aliphatic rings. The van der Waals surface area contributed by atoms with Gasteiger partial charge >= 0.3 is 0 Å². The van der Waals surface area contributed by atoms with E-state index in [1.165, 1.54) is 6.42 Å². The molecular formula is C16H34N2O. The van der Waals surface area contributed by atoms with Crippen LogP contribution in [-0.4, -0.2) is 48.8 Å². The van der Waals surface area contributed by atoms with Gasteiger partial charge in [0, 0.05) is 37.3 Å². The van der Waals surface area contributed by atoms with Crippen LogP contribution in [0.1, 0.15) is 54.4 Å². The van der Waals surface area contributed by atoms with Gasteiger partial charge in [0.1, 0.15) is 0 Å². The molecule has 3 heteroatoms. The third-order valence-electron chi connectivity index (χ3n) is 4.47. The SMILES string of the molecule is CCC1(C)CN(CCOCCC(C)C)C(C)(C)CN1. The van der Waals surface area contributed by atoms with Crippen LogP contribution in [0, 0.1) is 5.92 Å². The normalized spacial score (nSPS) is 27.9. The van der Waals surface area contributed by atoms with E-state index >= 15 is 0 Å². The lowest BCUT2D eigenvalue weighted by Gasteiger charge is -2.50. The predicted octanol–water partition coefficient (Wildman–Crippen LogP) is 2.90.